The highest BCUT2D eigenvalue weighted by Gasteiger charge is 2.21. The zero-order valence-corrected chi connectivity index (χ0v) is 17.2. The summed E-state index contributed by atoms with van der Waals surface area (Å²) in [5.74, 6) is 1.85. The first kappa shape index (κ1) is 21.4. The van der Waals surface area contributed by atoms with E-state index in [1.807, 2.05) is 43.3 Å². The van der Waals surface area contributed by atoms with Gasteiger partial charge in [-0.2, -0.15) is 0 Å². The van der Waals surface area contributed by atoms with Crippen molar-refractivity contribution in [2.75, 3.05) is 49.1 Å². The van der Waals surface area contributed by atoms with Gasteiger partial charge in [0.15, 0.2) is 11.5 Å². The van der Waals surface area contributed by atoms with E-state index in [9.17, 15) is 4.79 Å². The highest BCUT2D eigenvalue weighted by molar-refractivity contribution is 5.95. The molecule has 0 spiro atoms. The van der Waals surface area contributed by atoms with Crippen LogP contribution >= 0.6 is 0 Å². The fraction of sp³-hybridized carbons (Fsp3) is 0.381. The van der Waals surface area contributed by atoms with Crippen LogP contribution in [0.2, 0.25) is 0 Å². The van der Waals surface area contributed by atoms with Gasteiger partial charge in [-0.05, 0) is 32.3 Å². The van der Waals surface area contributed by atoms with Crippen LogP contribution in [0.4, 0.5) is 0 Å². The number of para-hydroxylation sites is 1. The number of rotatable bonds is 9. The van der Waals surface area contributed by atoms with Crippen molar-refractivity contribution in [3.63, 3.8) is 0 Å². The maximum absolute atomic E-state index is 12.8. The molecule has 7 nitrogen and oxygen atoms in total. The second-order valence-electron chi connectivity index (χ2n) is 6.35. The van der Waals surface area contributed by atoms with Gasteiger partial charge >= 0.3 is 0 Å². The van der Waals surface area contributed by atoms with Crippen LogP contribution in [0.1, 0.15) is 22.0 Å². The van der Waals surface area contributed by atoms with Crippen molar-refractivity contribution >= 4 is 5.91 Å². The lowest BCUT2D eigenvalue weighted by Crippen LogP contribution is -2.34. The Morgan fingerprint density at radius 2 is 1.50 bits per heavy atom. The van der Waals surface area contributed by atoms with E-state index in [2.05, 4.69) is 5.32 Å². The Hall–Kier alpha value is -2.93. The van der Waals surface area contributed by atoms with Gasteiger partial charge in [-0.3, -0.25) is 4.79 Å². The molecule has 0 aromatic heterocycles. The maximum atomic E-state index is 12.8. The third-order valence-electron chi connectivity index (χ3n) is 4.50. The van der Waals surface area contributed by atoms with Crippen LogP contribution in [0.15, 0.2) is 36.4 Å². The molecule has 0 fully saturated rings. The number of carbonyl (C=O) groups is 1. The van der Waals surface area contributed by atoms with E-state index >= 15 is 0 Å². The van der Waals surface area contributed by atoms with E-state index in [0.717, 1.165) is 11.3 Å². The first-order valence-corrected chi connectivity index (χ1v) is 8.84. The number of hydrogen-bond acceptors (Lipinski definition) is 6. The first-order valence-electron chi connectivity index (χ1n) is 8.84. The number of ether oxygens (including phenoxy) is 4. The Balaban J connectivity index is 2.24. The topological polar surface area (TPSA) is 69.3 Å². The first-order chi connectivity index (χ1) is 13.5. The summed E-state index contributed by atoms with van der Waals surface area (Å²) < 4.78 is 21.4. The Kier molecular flexibility index (Phi) is 7.52. The van der Waals surface area contributed by atoms with Crippen molar-refractivity contribution in [1.82, 2.24) is 10.2 Å². The number of amides is 1. The Labute approximate surface area is 166 Å². The van der Waals surface area contributed by atoms with Crippen LogP contribution in [0.5, 0.6) is 23.0 Å². The summed E-state index contributed by atoms with van der Waals surface area (Å²) >= 11 is 0. The largest absolute Gasteiger partial charge is 0.496 e. The molecular formula is C21H28N2O5. The van der Waals surface area contributed by atoms with E-state index in [-0.39, 0.29) is 11.9 Å². The SMILES string of the molecule is COc1ccccc1[C@H](CNC(=O)c1cc(OC)c(OC)c(OC)c1)N(C)C. The molecule has 28 heavy (non-hydrogen) atoms. The molecule has 0 aliphatic heterocycles. The summed E-state index contributed by atoms with van der Waals surface area (Å²) in [7, 11) is 10.1. The number of nitrogens with zero attached hydrogens (tertiary/aromatic N) is 1. The zero-order chi connectivity index (χ0) is 20.7. The van der Waals surface area contributed by atoms with Crippen LogP contribution < -0.4 is 24.3 Å². The minimum absolute atomic E-state index is 0.0536. The summed E-state index contributed by atoms with van der Waals surface area (Å²) in [6.07, 6.45) is 0. The molecule has 2 aromatic carbocycles. The molecule has 0 heterocycles. The number of hydrogen-bond donors (Lipinski definition) is 1. The molecule has 0 aliphatic rings. The highest BCUT2D eigenvalue weighted by atomic mass is 16.5. The van der Waals surface area contributed by atoms with E-state index < -0.39 is 0 Å². The van der Waals surface area contributed by atoms with Gasteiger partial charge in [0, 0.05) is 17.7 Å². The molecule has 1 atom stereocenters. The van der Waals surface area contributed by atoms with Crippen molar-refractivity contribution in [2.45, 2.75) is 6.04 Å². The molecule has 1 amide bonds. The van der Waals surface area contributed by atoms with E-state index in [1.54, 1.807) is 19.2 Å². The molecule has 0 unspecified atom stereocenters. The van der Waals surface area contributed by atoms with Crippen molar-refractivity contribution in [3.05, 3.63) is 47.5 Å². The molecular weight excluding hydrogens is 360 g/mol. The zero-order valence-electron chi connectivity index (χ0n) is 17.2. The van der Waals surface area contributed by atoms with Gasteiger partial charge in [-0.15, -0.1) is 0 Å². The molecule has 0 radical (unpaired) electrons. The smallest absolute Gasteiger partial charge is 0.251 e. The number of methoxy groups -OCH3 is 4. The molecule has 0 bridgehead atoms. The van der Waals surface area contributed by atoms with Gasteiger partial charge in [-0.1, -0.05) is 18.2 Å². The maximum Gasteiger partial charge on any atom is 0.251 e. The Morgan fingerprint density at radius 3 is 2.00 bits per heavy atom. The van der Waals surface area contributed by atoms with Gasteiger partial charge in [0.05, 0.1) is 34.5 Å². The van der Waals surface area contributed by atoms with E-state index in [0.29, 0.717) is 29.4 Å². The number of nitrogens with one attached hydrogen (secondary N) is 1. The monoisotopic (exact) mass is 388 g/mol. The molecule has 0 aliphatic carbocycles. The minimum atomic E-state index is -0.235. The predicted molar refractivity (Wildman–Crippen MR) is 108 cm³/mol. The fourth-order valence-electron chi connectivity index (χ4n) is 3.02. The van der Waals surface area contributed by atoms with Crippen molar-refractivity contribution in [1.29, 1.82) is 0 Å². The summed E-state index contributed by atoms with van der Waals surface area (Å²) in [5.41, 5.74) is 1.42. The van der Waals surface area contributed by atoms with Crippen LogP contribution in [0.3, 0.4) is 0 Å². The van der Waals surface area contributed by atoms with Crippen molar-refractivity contribution in [3.8, 4) is 23.0 Å². The van der Waals surface area contributed by atoms with E-state index in [1.165, 1.54) is 21.3 Å². The van der Waals surface area contributed by atoms with Gasteiger partial charge < -0.3 is 29.2 Å². The average molecular weight is 388 g/mol. The number of carbonyl (C=O) groups excluding carboxylic acids is 1. The molecule has 7 heteroatoms. The number of likely N-dealkylation sites (N-methyl/N-ethyl adjacent to an activating group) is 1. The average Bonchev–Trinajstić information content (AvgIpc) is 2.72. The fourth-order valence-corrected chi connectivity index (χ4v) is 3.02. The van der Waals surface area contributed by atoms with E-state index in [4.69, 9.17) is 18.9 Å². The van der Waals surface area contributed by atoms with Gasteiger partial charge in [-0.25, -0.2) is 0 Å². The molecule has 1 N–H and O–H groups in total. The van der Waals surface area contributed by atoms with Gasteiger partial charge in [0.25, 0.3) is 5.91 Å². The lowest BCUT2D eigenvalue weighted by atomic mass is 10.0. The molecule has 0 saturated heterocycles. The molecule has 2 aromatic rings. The normalized spacial score (nSPS) is 11.7. The third kappa shape index (κ3) is 4.67. The third-order valence-corrected chi connectivity index (χ3v) is 4.50. The van der Waals surface area contributed by atoms with Crippen molar-refractivity contribution < 1.29 is 23.7 Å². The van der Waals surface area contributed by atoms with Crippen LogP contribution in [-0.2, 0) is 0 Å². The Bertz CT molecular complexity index is 782. The molecule has 2 rings (SSSR count). The van der Waals surface area contributed by atoms with Gasteiger partial charge in [0.2, 0.25) is 5.75 Å². The summed E-state index contributed by atoms with van der Waals surface area (Å²) in [6.45, 7) is 0.406. The summed E-state index contributed by atoms with van der Waals surface area (Å²) in [6, 6.07) is 11.0. The summed E-state index contributed by atoms with van der Waals surface area (Å²) in [4.78, 5) is 14.8. The Morgan fingerprint density at radius 1 is 0.929 bits per heavy atom. The van der Waals surface area contributed by atoms with Crippen LogP contribution in [-0.4, -0.2) is 59.9 Å². The predicted octanol–water partition coefficient (Wildman–Crippen LogP) is 2.75. The van der Waals surface area contributed by atoms with Crippen LogP contribution in [0, 0.1) is 0 Å². The number of benzene rings is 2. The second-order valence-corrected chi connectivity index (χ2v) is 6.35. The highest BCUT2D eigenvalue weighted by Crippen LogP contribution is 2.38. The lowest BCUT2D eigenvalue weighted by molar-refractivity contribution is 0.0940. The standard InChI is InChI=1S/C21H28N2O5/c1-23(2)16(15-9-7-8-10-17(15)25-3)13-22-21(24)14-11-18(26-4)20(28-6)19(12-14)27-5/h7-12,16H,13H2,1-6H3,(H,22,24)/t16-/m0/s1. The minimum Gasteiger partial charge on any atom is -0.496 e. The molecule has 0 saturated carbocycles. The summed E-state index contributed by atoms with van der Waals surface area (Å²) in [5, 5.41) is 2.98. The quantitative estimate of drug-likeness (QED) is 0.712. The van der Waals surface area contributed by atoms with Gasteiger partial charge in [0.1, 0.15) is 5.75 Å². The van der Waals surface area contributed by atoms with Crippen LogP contribution in [0.25, 0.3) is 0 Å². The molecule has 152 valence electrons. The lowest BCUT2D eigenvalue weighted by Gasteiger charge is -2.26. The van der Waals surface area contributed by atoms with Crippen molar-refractivity contribution in [2.24, 2.45) is 0 Å². The second kappa shape index (κ2) is 9.85.